The van der Waals surface area contributed by atoms with Gasteiger partial charge < -0.3 is 9.47 Å². The van der Waals surface area contributed by atoms with Crippen LogP contribution < -0.4 is 14.4 Å². The summed E-state index contributed by atoms with van der Waals surface area (Å²) in [7, 11) is 1.62. The summed E-state index contributed by atoms with van der Waals surface area (Å²) in [5, 5.41) is 0. The number of anilines is 1. The molecule has 0 saturated heterocycles. The van der Waals surface area contributed by atoms with Gasteiger partial charge in [0, 0.05) is 5.56 Å². The molecule has 1 aliphatic heterocycles. The summed E-state index contributed by atoms with van der Waals surface area (Å²) in [5.74, 6) is 1.96. The van der Waals surface area contributed by atoms with Crippen molar-refractivity contribution in [3.8, 4) is 11.5 Å². The lowest BCUT2D eigenvalue weighted by Gasteiger charge is -2.19. The number of hydrogen-bond donors (Lipinski definition) is 0. The van der Waals surface area contributed by atoms with Crippen molar-refractivity contribution in [2.75, 3.05) is 18.6 Å². The van der Waals surface area contributed by atoms with Gasteiger partial charge in [-0.05, 0) is 61.9 Å². The van der Waals surface area contributed by atoms with Crippen LogP contribution in [-0.2, 0) is 4.79 Å². The van der Waals surface area contributed by atoms with Gasteiger partial charge in [-0.15, -0.1) is 0 Å². The summed E-state index contributed by atoms with van der Waals surface area (Å²) < 4.78 is 10.8. The van der Waals surface area contributed by atoms with Crippen molar-refractivity contribution in [3.63, 3.8) is 0 Å². The predicted octanol–water partition coefficient (Wildman–Crippen LogP) is 5.24. The Hall–Kier alpha value is -3.86. The molecule has 3 aromatic rings. The van der Waals surface area contributed by atoms with Gasteiger partial charge in [0.15, 0.2) is 0 Å². The molecule has 5 nitrogen and oxygen atoms in total. The van der Waals surface area contributed by atoms with Crippen LogP contribution in [0.25, 0.3) is 6.08 Å². The molecule has 0 N–H and O–H groups in total. The van der Waals surface area contributed by atoms with E-state index < -0.39 is 0 Å². The van der Waals surface area contributed by atoms with Crippen LogP contribution in [0.15, 0.2) is 83.5 Å². The van der Waals surface area contributed by atoms with E-state index in [4.69, 9.17) is 14.5 Å². The van der Waals surface area contributed by atoms with Crippen molar-refractivity contribution in [1.82, 2.24) is 0 Å². The molecule has 0 radical (unpaired) electrons. The number of ether oxygens (including phenoxy) is 2. The lowest BCUT2D eigenvalue weighted by molar-refractivity contribution is -0.113. The molecule has 0 aliphatic carbocycles. The van der Waals surface area contributed by atoms with Crippen molar-refractivity contribution in [3.05, 3.63) is 95.2 Å². The van der Waals surface area contributed by atoms with Gasteiger partial charge in [-0.2, -0.15) is 0 Å². The Labute approximate surface area is 182 Å². The van der Waals surface area contributed by atoms with Crippen LogP contribution in [0.5, 0.6) is 11.5 Å². The maximum Gasteiger partial charge on any atom is 0.282 e. The average molecular weight is 412 g/mol. The van der Waals surface area contributed by atoms with Crippen molar-refractivity contribution in [1.29, 1.82) is 0 Å². The van der Waals surface area contributed by atoms with Crippen LogP contribution in [0.4, 0.5) is 5.69 Å². The molecule has 0 saturated carbocycles. The van der Waals surface area contributed by atoms with E-state index in [0.29, 0.717) is 18.1 Å². The maximum atomic E-state index is 13.4. The molecular formula is C26H24N2O3. The summed E-state index contributed by atoms with van der Waals surface area (Å²) >= 11 is 0. The first-order valence-electron chi connectivity index (χ1n) is 10.2. The Morgan fingerprint density at radius 1 is 0.903 bits per heavy atom. The Balaban J connectivity index is 1.74. The number of aliphatic imine (C=N–C) groups is 1. The highest BCUT2D eigenvalue weighted by molar-refractivity contribution is 6.33. The minimum Gasteiger partial charge on any atom is -0.497 e. The largest absolute Gasteiger partial charge is 0.497 e. The van der Waals surface area contributed by atoms with Gasteiger partial charge in [0.2, 0.25) is 0 Å². The Morgan fingerprint density at radius 3 is 2.16 bits per heavy atom. The summed E-state index contributed by atoms with van der Waals surface area (Å²) in [4.78, 5) is 19.7. The fraction of sp³-hybridized carbons (Fsp3) is 0.154. The normalized spacial score (nSPS) is 14.7. The number of carbonyl (C=O) groups is 1. The zero-order valence-corrected chi connectivity index (χ0v) is 17.8. The standard InChI is InChI=1S/C26H24N2O3/c1-4-31-23-13-7-19(8-14-23)17-24-26(29)28(21-11-15-22(30-3)16-12-21)25(27-24)20-9-5-18(2)6-10-20/h5-17H,4H2,1-3H3/b24-17+. The van der Waals surface area contributed by atoms with Crippen molar-refractivity contribution in [2.24, 2.45) is 4.99 Å². The third-order valence-electron chi connectivity index (χ3n) is 5.00. The fourth-order valence-electron chi connectivity index (χ4n) is 3.37. The number of aryl methyl sites for hydroxylation is 1. The number of benzene rings is 3. The van der Waals surface area contributed by atoms with Gasteiger partial charge in [-0.25, -0.2) is 4.99 Å². The van der Waals surface area contributed by atoms with Gasteiger partial charge in [-0.3, -0.25) is 9.69 Å². The molecule has 1 aliphatic rings. The second-order valence-electron chi connectivity index (χ2n) is 7.17. The first-order chi connectivity index (χ1) is 15.1. The summed E-state index contributed by atoms with van der Waals surface area (Å²) in [6.07, 6.45) is 1.80. The Bertz CT molecular complexity index is 1130. The number of amidine groups is 1. The van der Waals surface area contributed by atoms with Crippen molar-refractivity contribution in [2.45, 2.75) is 13.8 Å². The lowest BCUT2D eigenvalue weighted by Crippen LogP contribution is -2.32. The van der Waals surface area contributed by atoms with Gasteiger partial charge in [0.1, 0.15) is 23.0 Å². The first-order valence-corrected chi connectivity index (χ1v) is 10.2. The molecule has 0 spiro atoms. The van der Waals surface area contributed by atoms with Crippen LogP contribution in [0.1, 0.15) is 23.6 Å². The summed E-state index contributed by atoms with van der Waals surface area (Å²) in [5.41, 5.74) is 4.03. The SMILES string of the molecule is CCOc1ccc(/C=C2/N=C(c3ccc(C)cc3)N(c3ccc(OC)cc3)C2=O)cc1. The molecule has 3 aromatic carbocycles. The number of nitrogens with zero attached hydrogens (tertiary/aromatic N) is 2. The van der Waals surface area contributed by atoms with E-state index in [0.717, 1.165) is 33.9 Å². The van der Waals surface area contributed by atoms with E-state index in [1.54, 1.807) is 18.1 Å². The van der Waals surface area contributed by atoms with E-state index in [1.807, 2.05) is 86.6 Å². The molecule has 1 heterocycles. The summed E-state index contributed by atoms with van der Waals surface area (Å²) in [6.45, 7) is 4.59. The number of carbonyl (C=O) groups excluding carboxylic acids is 1. The molecule has 0 bridgehead atoms. The van der Waals surface area contributed by atoms with Crippen LogP contribution in [0, 0.1) is 6.92 Å². The maximum absolute atomic E-state index is 13.4. The highest BCUT2D eigenvalue weighted by Crippen LogP contribution is 2.29. The molecule has 1 amide bonds. The predicted molar refractivity (Wildman–Crippen MR) is 124 cm³/mol. The van der Waals surface area contributed by atoms with E-state index in [-0.39, 0.29) is 5.91 Å². The minimum absolute atomic E-state index is 0.172. The molecule has 5 heteroatoms. The highest BCUT2D eigenvalue weighted by Gasteiger charge is 2.32. The minimum atomic E-state index is -0.172. The molecule has 0 unspecified atom stereocenters. The van der Waals surface area contributed by atoms with E-state index in [9.17, 15) is 4.79 Å². The third-order valence-corrected chi connectivity index (χ3v) is 5.00. The molecule has 0 atom stereocenters. The topological polar surface area (TPSA) is 51.1 Å². The lowest BCUT2D eigenvalue weighted by atomic mass is 10.1. The van der Waals surface area contributed by atoms with Crippen LogP contribution >= 0.6 is 0 Å². The second-order valence-corrected chi connectivity index (χ2v) is 7.17. The van der Waals surface area contributed by atoms with Crippen LogP contribution in [0.2, 0.25) is 0 Å². The first kappa shape index (κ1) is 20.4. The quantitative estimate of drug-likeness (QED) is 0.521. The van der Waals surface area contributed by atoms with E-state index >= 15 is 0 Å². The van der Waals surface area contributed by atoms with E-state index in [1.165, 1.54) is 0 Å². The molecule has 156 valence electrons. The average Bonchev–Trinajstić information content (AvgIpc) is 3.11. The number of methoxy groups -OCH3 is 1. The van der Waals surface area contributed by atoms with Gasteiger partial charge in [0.25, 0.3) is 5.91 Å². The number of rotatable bonds is 6. The molecular weight excluding hydrogens is 388 g/mol. The number of amides is 1. The third kappa shape index (κ3) is 4.36. The van der Waals surface area contributed by atoms with Gasteiger partial charge in [-0.1, -0.05) is 42.0 Å². The van der Waals surface area contributed by atoms with Gasteiger partial charge >= 0.3 is 0 Å². The zero-order valence-electron chi connectivity index (χ0n) is 17.8. The molecule has 31 heavy (non-hydrogen) atoms. The smallest absolute Gasteiger partial charge is 0.282 e. The van der Waals surface area contributed by atoms with Crippen LogP contribution in [0.3, 0.4) is 0 Å². The van der Waals surface area contributed by atoms with Crippen LogP contribution in [-0.4, -0.2) is 25.5 Å². The summed E-state index contributed by atoms with van der Waals surface area (Å²) in [6, 6.07) is 23.0. The molecule has 4 rings (SSSR count). The number of hydrogen-bond acceptors (Lipinski definition) is 4. The van der Waals surface area contributed by atoms with Crippen molar-refractivity contribution >= 4 is 23.5 Å². The van der Waals surface area contributed by atoms with Gasteiger partial charge in [0.05, 0.1) is 19.4 Å². The van der Waals surface area contributed by atoms with Crippen molar-refractivity contribution < 1.29 is 14.3 Å². The fourth-order valence-corrected chi connectivity index (χ4v) is 3.37. The second kappa shape index (κ2) is 8.88. The van der Waals surface area contributed by atoms with E-state index in [2.05, 4.69) is 0 Å². The monoisotopic (exact) mass is 412 g/mol. The highest BCUT2D eigenvalue weighted by atomic mass is 16.5. The Kier molecular flexibility index (Phi) is 5.85. The zero-order chi connectivity index (χ0) is 21.8. The molecule has 0 aromatic heterocycles. The molecule has 0 fully saturated rings. The Morgan fingerprint density at radius 2 is 1.55 bits per heavy atom.